The van der Waals surface area contributed by atoms with Gasteiger partial charge in [-0.1, -0.05) is 0 Å². The Morgan fingerprint density at radius 3 is 1.41 bits per heavy atom. The van der Waals surface area contributed by atoms with Crippen LogP contribution in [0.2, 0.25) is 0 Å². The third-order valence-electron chi connectivity index (χ3n) is 5.78. The molecule has 3 heterocycles. The van der Waals surface area contributed by atoms with E-state index in [0.717, 1.165) is 0 Å². The van der Waals surface area contributed by atoms with Crippen molar-refractivity contribution in [2.45, 2.75) is 27.7 Å². The Balaban J connectivity index is 1.78. The smallest absolute Gasteiger partial charge is 0.349 e. The summed E-state index contributed by atoms with van der Waals surface area (Å²) in [6.07, 6.45) is 3.63. The van der Waals surface area contributed by atoms with Gasteiger partial charge in [0.2, 0.25) is 0 Å². The van der Waals surface area contributed by atoms with Gasteiger partial charge >= 0.3 is 17.9 Å². The van der Waals surface area contributed by atoms with E-state index in [-0.39, 0.29) is 34.2 Å². The van der Waals surface area contributed by atoms with Crippen molar-refractivity contribution in [1.82, 2.24) is 0 Å². The maximum atomic E-state index is 12.7. The average Bonchev–Trinajstić information content (AvgIpc) is 3.74. The van der Waals surface area contributed by atoms with E-state index < -0.39 is 43.1 Å². The summed E-state index contributed by atoms with van der Waals surface area (Å²) in [7, 11) is 0. The van der Waals surface area contributed by atoms with Gasteiger partial charge in [0.25, 0.3) is 11.4 Å². The van der Waals surface area contributed by atoms with Crippen LogP contribution >= 0.6 is 0 Å². The SMILES string of the molecule is [C-]#[N+]/C(=C\c1ccc(C)o1)C(=O)OCC(C)(COC(=O)/C(=C/c1ccc(C)o1)[N+]#[C-])COC(=O)/C(C#N)=C/c1ccc(C)o1. The lowest BCUT2D eigenvalue weighted by Crippen LogP contribution is -2.37. The van der Waals surface area contributed by atoms with Gasteiger partial charge < -0.3 is 27.5 Å². The van der Waals surface area contributed by atoms with Crippen LogP contribution in [0, 0.1) is 50.7 Å². The highest BCUT2D eigenvalue weighted by Gasteiger charge is 2.32. The van der Waals surface area contributed by atoms with Crippen LogP contribution in [0.1, 0.15) is 41.5 Å². The van der Waals surface area contributed by atoms with Crippen molar-refractivity contribution >= 4 is 36.1 Å². The van der Waals surface area contributed by atoms with Gasteiger partial charge in [0.05, 0.1) is 18.6 Å². The van der Waals surface area contributed by atoms with Crippen LogP contribution in [-0.2, 0) is 28.6 Å². The molecule has 0 saturated heterocycles. The molecule has 0 aliphatic rings. The molecule has 0 atom stereocenters. The lowest BCUT2D eigenvalue weighted by molar-refractivity contribution is -0.155. The molecule has 12 nitrogen and oxygen atoms in total. The van der Waals surface area contributed by atoms with Crippen LogP contribution in [-0.4, -0.2) is 37.7 Å². The van der Waals surface area contributed by atoms with E-state index >= 15 is 0 Å². The Morgan fingerprint density at radius 1 is 0.727 bits per heavy atom. The molecule has 224 valence electrons. The normalized spacial score (nSPS) is 13.2. The molecule has 0 aliphatic heterocycles. The third-order valence-corrected chi connectivity index (χ3v) is 5.78. The minimum Gasteiger partial charge on any atom is -0.470 e. The molecule has 0 bridgehead atoms. The summed E-state index contributed by atoms with van der Waals surface area (Å²) in [5.74, 6) is -0.484. The van der Waals surface area contributed by atoms with Gasteiger partial charge in [0.15, 0.2) is 0 Å². The van der Waals surface area contributed by atoms with Crippen molar-refractivity contribution in [2.75, 3.05) is 19.8 Å². The first-order valence-corrected chi connectivity index (χ1v) is 13.0. The predicted molar refractivity (Wildman–Crippen MR) is 154 cm³/mol. The van der Waals surface area contributed by atoms with Crippen molar-refractivity contribution in [2.24, 2.45) is 5.41 Å². The molecule has 12 heteroatoms. The van der Waals surface area contributed by atoms with Crippen LogP contribution in [0.5, 0.6) is 0 Å². The number of esters is 3. The van der Waals surface area contributed by atoms with Crippen LogP contribution in [0.3, 0.4) is 0 Å². The minimum absolute atomic E-state index is 0.261. The highest BCUT2D eigenvalue weighted by Crippen LogP contribution is 2.23. The number of carbonyl (C=O) groups is 3. The van der Waals surface area contributed by atoms with E-state index in [1.165, 1.54) is 25.2 Å². The molecule has 0 N–H and O–H groups in total. The summed E-state index contributed by atoms with van der Waals surface area (Å²) >= 11 is 0. The fraction of sp³-hybridized carbons (Fsp3) is 0.250. The molecule has 0 radical (unpaired) electrons. The molecule has 0 aliphatic carbocycles. The lowest BCUT2D eigenvalue weighted by atomic mass is 9.94. The minimum atomic E-state index is -1.37. The largest absolute Gasteiger partial charge is 0.470 e. The fourth-order valence-corrected chi connectivity index (χ4v) is 3.49. The van der Waals surface area contributed by atoms with Gasteiger partial charge in [-0.05, 0) is 76.2 Å². The molecule has 0 spiro atoms. The summed E-state index contributed by atoms with van der Waals surface area (Å²) < 4.78 is 32.2. The molecular formula is C32H27N3O9. The van der Waals surface area contributed by atoms with Crippen LogP contribution in [0.4, 0.5) is 0 Å². The van der Waals surface area contributed by atoms with Gasteiger partial charge in [0, 0.05) is 6.08 Å². The molecule has 0 fully saturated rings. The molecule has 3 aromatic rings. The van der Waals surface area contributed by atoms with E-state index in [9.17, 15) is 19.6 Å². The third kappa shape index (κ3) is 9.23. The number of carbonyl (C=O) groups excluding carboxylic acids is 3. The van der Waals surface area contributed by atoms with Crippen molar-refractivity contribution in [3.05, 3.63) is 111 Å². The predicted octanol–water partition coefficient (Wildman–Crippen LogP) is 5.85. The van der Waals surface area contributed by atoms with E-state index in [1.54, 1.807) is 63.2 Å². The van der Waals surface area contributed by atoms with Crippen LogP contribution < -0.4 is 0 Å². The Bertz CT molecular complexity index is 1560. The summed E-state index contributed by atoms with van der Waals surface area (Å²) in [6, 6.07) is 11.5. The summed E-state index contributed by atoms with van der Waals surface area (Å²) in [6.45, 7) is 19.9. The van der Waals surface area contributed by atoms with Crippen molar-refractivity contribution in [3.63, 3.8) is 0 Å². The number of rotatable bonds is 12. The first-order chi connectivity index (χ1) is 20.9. The highest BCUT2D eigenvalue weighted by atomic mass is 16.6. The summed E-state index contributed by atoms with van der Waals surface area (Å²) in [5.41, 5.74) is -2.50. The van der Waals surface area contributed by atoms with E-state index in [1.807, 2.05) is 0 Å². The fourth-order valence-electron chi connectivity index (χ4n) is 3.49. The quantitative estimate of drug-likeness (QED) is 0.0817. The van der Waals surface area contributed by atoms with Gasteiger partial charge in [-0.3, -0.25) is 9.59 Å². The molecule has 0 saturated carbocycles. The maximum absolute atomic E-state index is 12.7. The monoisotopic (exact) mass is 597 g/mol. The van der Waals surface area contributed by atoms with Crippen molar-refractivity contribution < 1.29 is 41.8 Å². The second kappa shape index (κ2) is 14.7. The zero-order valence-electron chi connectivity index (χ0n) is 24.3. The Labute approximate surface area is 253 Å². The lowest BCUT2D eigenvalue weighted by Gasteiger charge is -2.28. The number of aryl methyl sites for hydroxylation is 3. The Hall–Kier alpha value is -6.06. The second-order valence-electron chi connectivity index (χ2n) is 9.84. The standard InChI is InChI=1S/C32H27N3O9/c1-20-7-10-24(42-20)13-23(16-33)29(36)39-17-32(4,18-40-30(37)27(34-5)14-25-11-8-21(2)43-25)19-41-31(38)28(35-6)15-26-12-9-22(3)44-26/h7-15H,17-19H2,1-4H3/b23-13+,27-14-,28-15-. The number of nitrogens with zero attached hydrogens (tertiary/aromatic N) is 3. The van der Waals surface area contributed by atoms with E-state index in [0.29, 0.717) is 17.3 Å². The zero-order valence-corrected chi connectivity index (χ0v) is 24.3. The van der Waals surface area contributed by atoms with Gasteiger partial charge in [-0.15, -0.1) is 0 Å². The van der Waals surface area contributed by atoms with E-state index in [2.05, 4.69) is 9.69 Å². The van der Waals surface area contributed by atoms with Crippen molar-refractivity contribution in [1.29, 1.82) is 5.26 Å². The van der Waals surface area contributed by atoms with Gasteiger partial charge in [-0.2, -0.15) is 5.26 Å². The highest BCUT2D eigenvalue weighted by molar-refractivity contribution is 5.98. The molecule has 3 rings (SSSR count). The number of hydrogen-bond donors (Lipinski definition) is 0. The summed E-state index contributed by atoms with van der Waals surface area (Å²) in [5, 5.41) is 9.48. The van der Waals surface area contributed by atoms with Gasteiger partial charge in [0.1, 0.15) is 66.0 Å². The molecule has 0 amide bonds. The topological polar surface area (TPSA) is 151 Å². The molecular weight excluding hydrogens is 570 g/mol. The zero-order chi connectivity index (χ0) is 32.3. The van der Waals surface area contributed by atoms with Crippen molar-refractivity contribution in [3.8, 4) is 6.07 Å². The second-order valence-corrected chi connectivity index (χ2v) is 9.84. The molecule has 0 unspecified atom stereocenters. The molecule has 44 heavy (non-hydrogen) atoms. The Morgan fingerprint density at radius 2 is 1.09 bits per heavy atom. The average molecular weight is 598 g/mol. The van der Waals surface area contributed by atoms with Crippen LogP contribution in [0.25, 0.3) is 27.9 Å². The number of furan rings is 3. The molecule has 3 aromatic heterocycles. The van der Waals surface area contributed by atoms with Gasteiger partial charge in [-0.25, -0.2) is 14.5 Å². The Kier molecular flexibility index (Phi) is 10.9. The first kappa shape index (κ1) is 32.5. The number of nitriles is 1. The van der Waals surface area contributed by atoms with Crippen LogP contribution in [0.15, 0.2) is 66.6 Å². The number of ether oxygens (including phenoxy) is 3. The first-order valence-electron chi connectivity index (χ1n) is 13.0. The maximum Gasteiger partial charge on any atom is 0.349 e. The number of hydrogen-bond acceptors (Lipinski definition) is 10. The molecule has 0 aromatic carbocycles. The summed E-state index contributed by atoms with van der Waals surface area (Å²) in [4.78, 5) is 44.6. The van der Waals surface area contributed by atoms with E-state index in [4.69, 9.17) is 40.6 Å².